The molecule has 4 rings (SSSR count). The highest BCUT2D eigenvalue weighted by Crippen LogP contribution is 2.33. The number of carbonyl (C=O) groups excluding carboxylic acids is 1. The number of carbonyl (C=O) groups is 1. The summed E-state index contributed by atoms with van der Waals surface area (Å²) in [6.07, 6.45) is 1.10. The number of thiazole rings is 1. The third-order valence-corrected chi connectivity index (χ3v) is 6.96. The summed E-state index contributed by atoms with van der Waals surface area (Å²) in [6.45, 7) is 0.259. The van der Waals surface area contributed by atoms with E-state index in [9.17, 15) is 13.2 Å². The van der Waals surface area contributed by atoms with Crippen LogP contribution in [0.15, 0.2) is 77.7 Å². The second-order valence-electron chi connectivity index (χ2n) is 6.98. The van der Waals surface area contributed by atoms with E-state index in [-0.39, 0.29) is 17.0 Å². The van der Waals surface area contributed by atoms with E-state index < -0.39 is 15.7 Å². The molecule has 6 nitrogen and oxygen atoms in total. The lowest BCUT2D eigenvalue weighted by atomic mass is 10.1. The highest BCUT2D eigenvalue weighted by Gasteiger charge is 2.26. The van der Waals surface area contributed by atoms with E-state index in [1.54, 1.807) is 19.2 Å². The molecule has 0 N–H and O–H groups in total. The molecule has 0 aliphatic heterocycles. The number of hydrogen-bond acceptors (Lipinski definition) is 6. The summed E-state index contributed by atoms with van der Waals surface area (Å²) < 4.78 is 30.7. The largest absolute Gasteiger partial charge is 0.497 e. The van der Waals surface area contributed by atoms with Gasteiger partial charge < -0.3 is 4.74 Å². The molecule has 0 unspecified atom stereocenters. The first-order valence-corrected chi connectivity index (χ1v) is 12.2. The molecule has 0 spiro atoms. The summed E-state index contributed by atoms with van der Waals surface area (Å²) >= 11 is 1.36. The number of amides is 1. The Kier molecular flexibility index (Phi) is 5.75. The molecule has 1 amide bonds. The van der Waals surface area contributed by atoms with Gasteiger partial charge in [-0.15, -0.1) is 0 Å². The van der Waals surface area contributed by atoms with Gasteiger partial charge in [0.05, 0.1) is 34.3 Å². The highest BCUT2D eigenvalue weighted by molar-refractivity contribution is 7.90. The Balaban J connectivity index is 1.83. The number of sulfone groups is 1. The van der Waals surface area contributed by atoms with Gasteiger partial charge in [0.2, 0.25) is 0 Å². The molecule has 3 aromatic carbocycles. The Morgan fingerprint density at radius 2 is 1.74 bits per heavy atom. The van der Waals surface area contributed by atoms with Crippen molar-refractivity contribution in [3.63, 3.8) is 0 Å². The van der Waals surface area contributed by atoms with Crippen LogP contribution in [0.5, 0.6) is 5.75 Å². The summed E-state index contributed by atoms with van der Waals surface area (Å²) in [7, 11) is -1.99. The van der Waals surface area contributed by atoms with E-state index in [2.05, 4.69) is 4.98 Å². The van der Waals surface area contributed by atoms with Crippen LogP contribution in [0.2, 0.25) is 0 Å². The quantitative estimate of drug-likeness (QED) is 0.429. The number of rotatable bonds is 6. The van der Waals surface area contributed by atoms with Crippen molar-refractivity contribution >= 4 is 42.4 Å². The number of ether oxygens (including phenoxy) is 1. The number of methoxy groups -OCH3 is 1. The minimum absolute atomic E-state index is 0.000780. The molecule has 4 aromatic rings. The Labute approximate surface area is 184 Å². The number of fused-ring (bicyclic) bond motifs is 1. The van der Waals surface area contributed by atoms with Gasteiger partial charge in [-0.25, -0.2) is 13.4 Å². The number of hydrogen-bond donors (Lipinski definition) is 0. The van der Waals surface area contributed by atoms with E-state index in [1.807, 2.05) is 48.5 Å². The van der Waals surface area contributed by atoms with Crippen molar-refractivity contribution in [1.29, 1.82) is 0 Å². The molecule has 0 radical (unpaired) electrons. The van der Waals surface area contributed by atoms with Gasteiger partial charge in [0.25, 0.3) is 5.91 Å². The molecule has 0 saturated carbocycles. The average molecular weight is 453 g/mol. The van der Waals surface area contributed by atoms with Gasteiger partial charge in [-0.2, -0.15) is 0 Å². The molecule has 31 heavy (non-hydrogen) atoms. The Hall–Kier alpha value is -3.23. The van der Waals surface area contributed by atoms with Crippen molar-refractivity contribution in [3.05, 3.63) is 83.9 Å². The zero-order chi connectivity index (χ0) is 22.0. The summed E-state index contributed by atoms with van der Waals surface area (Å²) in [4.78, 5) is 19.8. The molecule has 0 fully saturated rings. The first-order chi connectivity index (χ1) is 14.9. The van der Waals surface area contributed by atoms with Crippen LogP contribution in [-0.4, -0.2) is 32.7 Å². The fourth-order valence-corrected chi connectivity index (χ4v) is 5.11. The minimum atomic E-state index is -3.58. The van der Waals surface area contributed by atoms with Crippen molar-refractivity contribution in [2.24, 2.45) is 0 Å². The third kappa shape index (κ3) is 4.45. The first kappa shape index (κ1) is 21.0. The molecule has 1 heterocycles. The maximum absolute atomic E-state index is 13.6. The second-order valence-corrected chi connectivity index (χ2v) is 9.97. The van der Waals surface area contributed by atoms with E-state index >= 15 is 0 Å². The Bertz CT molecular complexity index is 1350. The minimum Gasteiger partial charge on any atom is -0.497 e. The third-order valence-electron chi connectivity index (χ3n) is 4.76. The molecule has 0 atom stereocenters. The van der Waals surface area contributed by atoms with Gasteiger partial charge in [-0.1, -0.05) is 53.8 Å². The molecule has 0 aliphatic rings. The SMILES string of the molecule is COc1ccc2nc(N(Cc3ccccc3)C(=O)c3ccccc3S(C)(=O)=O)sc2c1. The van der Waals surface area contributed by atoms with E-state index in [1.165, 1.54) is 28.4 Å². The number of anilines is 1. The van der Waals surface area contributed by atoms with Crippen molar-refractivity contribution in [3.8, 4) is 5.75 Å². The summed E-state index contributed by atoms with van der Waals surface area (Å²) in [5.74, 6) is 0.280. The maximum Gasteiger partial charge on any atom is 0.261 e. The fourth-order valence-electron chi connectivity index (χ4n) is 3.24. The standard InChI is InChI=1S/C23H20N2O4S2/c1-29-17-12-13-19-20(14-17)30-23(24-19)25(15-16-8-4-3-5-9-16)22(26)18-10-6-7-11-21(18)31(2,27)28/h3-14H,15H2,1-2H3. The lowest BCUT2D eigenvalue weighted by Gasteiger charge is -2.21. The van der Waals surface area contributed by atoms with E-state index in [0.29, 0.717) is 10.9 Å². The average Bonchev–Trinajstić information content (AvgIpc) is 3.20. The topological polar surface area (TPSA) is 76.6 Å². The van der Waals surface area contributed by atoms with Crippen LogP contribution in [0.3, 0.4) is 0 Å². The lowest BCUT2D eigenvalue weighted by Crippen LogP contribution is -2.31. The van der Waals surface area contributed by atoms with Gasteiger partial charge in [-0.05, 0) is 35.9 Å². The lowest BCUT2D eigenvalue weighted by molar-refractivity contribution is 0.0982. The highest BCUT2D eigenvalue weighted by atomic mass is 32.2. The van der Waals surface area contributed by atoms with Crippen LogP contribution in [0, 0.1) is 0 Å². The zero-order valence-electron chi connectivity index (χ0n) is 17.0. The smallest absolute Gasteiger partial charge is 0.261 e. The first-order valence-electron chi connectivity index (χ1n) is 9.46. The summed E-state index contributed by atoms with van der Waals surface area (Å²) in [6, 6.07) is 21.3. The molecule has 8 heteroatoms. The molecular weight excluding hydrogens is 432 g/mol. The second kappa shape index (κ2) is 8.49. The van der Waals surface area contributed by atoms with Crippen LogP contribution in [-0.2, 0) is 16.4 Å². The fraction of sp³-hybridized carbons (Fsp3) is 0.130. The summed E-state index contributed by atoms with van der Waals surface area (Å²) in [5.41, 5.74) is 1.77. The van der Waals surface area contributed by atoms with Crippen LogP contribution in [0.1, 0.15) is 15.9 Å². The molecule has 1 aromatic heterocycles. The van der Waals surface area contributed by atoms with Crippen LogP contribution in [0.25, 0.3) is 10.2 Å². The molecular formula is C23H20N2O4S2. The van der Waals surface area contributed by atoms with Gasteiger partial charge in [0, 0.05) is 6.26 Å². The number of benzene rings is 3. The van der Waals surface area contributed by atoms with Crippen molar-refractivity contribution < 1.29 is 17.9 Å². The van der Waals surface area contributed by atoms with Gasteiger partial charge in [0.1, 0.15) is 5.75 Å². The van der Waals surface area contributed by atoms with Crippen LogP contribution >= 0.6 is 11.3 Å². The molecule has 0 saturated heterocycles. The van der Waals surface area contributed by atoms with Crippen LogP contribution < -0.4 is 9.64 Å². The monoisotopic (exact) mass is 452 g/mol. The molecule has 158 valence electrons. The van der Waals surface area contributed by atoms with Crippen LogP contribution in [0.4, 0.5) is 5.13 Å². The van der Waals surface area contributed by atoms with Gasteiger partial charge in [-0.3, -0.25) is 9.69 Å². The van der Waals surface area contributed by atoms with Crippen molar-refractivity contribution in [2.75, 3.05) is 18.3 Å². The van der Waals surface area contributed by atoms with E-state index in [4.69, 9.17) is 4.74 Å². The predicted molar refractivity (Wildman–Crippen MR) is 123 cm³/mol. The maximum atomic E-state index is 13.6. The molecule has 0 bridgehead atoms. The number of nitrogens with zero attached hydrogens (tertiary/aromatic N) is 2. The Morgan fingerprint density at radius 1 is 1.03 bits per heavy atom. The van der Waals surface area contributed by atoms with Crippen molar-refractivity contribution in [2.45, 2.75) is 11.4 Å². The Morgan fingerprint density at radius 3 is 2.45 bits per heavy atom. The van der Waals surface area contributed by atoms with E-state index in [0.717, 1.165) is 22.0 Å². The number of aromatic nitrogens is 1. The summed E-state index contributed by atoms with van der Waals surface area (Å²) in [5, 5.41) is 0.486. The predicted octanol–water partition coefficient (Wildman–Crippen LogP) is 4.56. The zero-order valence-corrected chi connectivity index (χ0v) is 18.6. The van der Waals surface area contributed by atoms with Gasteiger partial charge >= 0.3 is 0 Å². The van der Waals surface area contributed by atoms with Gasteiger partial charge in [0.15, 0.2) is 15.0 Å². The van der Waals surface area contributed by atoms with Crippen molar-refractivity contribution in [1.82, 2.24) is 4.98 Å². The molecule has 0 aliphatic carbocycles. The normalized spacial score (nSPS) is 11.4.